The highest BCUT2D eigenvalue weighted by Crippen LogP contribution is 2.42. The quantitative estimate of drug-likeness (QED) is 0.585. The van der Waals surface area contributed by atoms with E-state index in [4.69, 9.17) is 16.3 Å². The number of aromatic nitrogens is 1. The Bertz CT molecular complexity index is 1050. The molecule has 6 nitrogen and oxygen atoms in total. The topological polar surface area (TPSA) is 54.8 Å². The summed E-state index contributed by atoms with van der Waals surface area (Å²) in [5.74, 6) is 0.753. The molecule has 2 aliphatic heterocycles. The number of piperidine rings is 1. The van der Waals surface area contributed by atoms with Crippen LogP contribution in [0.1, 0.15) is 67.1 Å². The highest BCUT2D eigenvalue weighted by atomic mass is 35.5. The van der Waals surface area contributed by atoms with Crippen molar-refractivity contribution in [3.8, 4) is 5.75 Å². The van der Waals surface area contributed by atoms with E-state index in [0.29, 0.717) is 29.4 Å². The third-order valence-electron chi connectivity index (χ3n) is 7.04. The summed E-state index contributed by atoms with van der Waals surface area (Å²) in [5.41, 5.74) is 2.43. The van der Waals surface area contributed by atoms with Gasteiger partial charge >= 0.3 is 0 Å². The normalized spacial score (nSPS) is 18.1. The van der Waals surface area contributed by atoms with Crippen LogP contribution in [-0.2, 0) is 12.1 Å². The van der Waals surface area contributed by atoms with Crippen LogP contribution in [0.2, 0.25) is 5.02 Å². The number of carbonyl (C=O) groups excluding carboxylic acids is 2. The van der Waals surface area contributed by atoms with Gasteiger partial charge in [-0.05, 0) is 64.1 Å². The molecule has 3 heterocycles. The highest BCUT2D eigenvalue weighted by molar-refractivity contribution is 6.32. The number of Topliss-reactive ketones (excluding diaryl/α,β-unsaturated/α-hetero) is 1. The molecule has 4 rings (SSSR count). The van der Waals surface area contributed by atoms with Crippen LogP contribution in [0.25, 0.3) is 0 Å². The molecule has 1 fully saturated rings. The number of likely N-dealkylation sites (N-methyl/N-ethyl adjacent to an activating group) is 1. The number of fused-ring (bicyclic) bond motifs is 2. The summed E-state index contributed by atoms with van der Waals surface area (Å²) < 4.78 is 7.91. The van der Waals surface area contributed by atoms with Crippen molar-refractivity contribution >= 4 is 23.3 Å². The third kappa shape index (κ3) is 4.31. The van der Waals surface area contributed by atoms with Gasteiger partial charge < -0.3 is 14.2 Å². The first kappa shape index (κ1) is 23.8. The largest absolute Gasteiger partial charge is 0.489 e. The number of carbonyl (C=O) groups is 2. The van der Waals surface area contributed by atoms with Gasteiger partial charge in [-0.3, -0.25) is 14.5 Å². The van der Waals surface area contributed by atoms with Gasteiger partial charge in [0.05, 0.1) is 22.4 Å². The van der Waals surface area contributed by atoms with Crippen LogP contribution in [0.5, 0.6) is 5.75 Å². The van der Waals surface area contributed by atoms with Crippen LogP contribution in [0.4, 0.5) is 0 Å². The van der Waals surface area contributed by atoms with Gasteiger partial charge in [0.25, 0.3) is 5.91 Å². The van der Waals surface area contributed by atoms with Gasteiger partial charge in [0, 0.05) is 43.4 Å². The average Bonchev–Trinajstić information content (AvgIpc) is 3.22. The Labute approximate surface area is 201 Å². The van der Waals surface area contributed by atoms with E-state index in [2.05, 4.69) is 22.6 Å². The van der Waals surface area contributed by atoms with Gasteiger partial charge in [0.2, 0.25) is 0 Å². The molecule has 1 aromatic heterocycles. The number of ether oxygens (including phenoxy) is 1. The Morgan fingerprint density at radius 1 is 1.00 bits per heavy atom. The molecule has 2 aromatic rings. The Morgan fingerprint density at radius 2 is 1.70 bits per heavy atom. The van der Waals surface area contributed by atoms with Gasteiger partial charge in [-0.15, -0.1) is 0 Å². The minimum atomic E-state index is -0.156. The number of ketones is 1. The van der Waals surface area contributed by atoms with Crippen LogP contribution in [0.15, 0.2) is 30.3 Å². The van der Waals surface area contributed by atoms with E-state index in [1.807, 2.05) is 38.7 Å². The van der Waals surface area contributed by atoms with Crippen LogP contribution < -0.4 is 4.74 Å². The van der Waals surface area contributed by atoms with Crippen molar-refractivity contribution < 1.29 is 14.3 Å². The first-order valence-electron chi connectivity index (χ1n) is 11.8. The number of amides is 1. The summed E-state index contributed by atoms with van der Waals surface area (Å²) in [6.45, 7) is 10.8. The lowest BCUT2D eigenvalue weighted by Crippen LogP contribution is -2.56. The lowest BCUT2D eigenvalue weighted by molar-refractivity contribution is 0.0127. The van der Waals surface area contributed by atoms with E-state index in [0.717, 1.165) is 31.6 Å². The second kappa shape index (κ2) is 9.15. The van der Waals surface area contributed by atoms with Gasteiger partial charge in [0.1, 0.15) is 5.75 Å². The lowest BCUT2D eigenvalue weighted by Gasteiger charge is -2.50. The van der Waals surface area contributed by atoms with E-state index in [9.17, 15) is 9.59 Å². The minimum Gasteiger partial charge on any atom is -0.489 e. The fraction of sp³-hybridized carbons (Fsp3) is 0.538. The maximum atomic E-state index is 13.2. The number of benzene rings is 1. The number of rotatable bonds is 5. The molecule has 33 heavy (non-hydrogen) atoms. The predicted octanol–water partition coefficient (Wildman–Crippen LogP) is 4.84. The van der Waals surface area contributed by atoms with E-state index in [-0.39, 0.29) is 29.3 Å². The molecule has 178 valence electrons. The SMILES string of the molecule is CC(C)Oc1ccc(C(=O)N2CCC3(CC2)c2ccc(C(=O)C(C)C)n2CCN3C)cc1Cl. The summed E-state index contributed by atoms with van der Waals surface area (Å²) >= 11 is 6.37. The summed E-state index contributed by atoms with van der Waals surface area (Å²) in [6, 6.07) is 9.37. The zero-order valence-corrected chi connectivity index (χ0v) is 21.0. The molecule has 1 saturated heterocycles. The van der Waals surface area contributed by atoms with E-state index < -0.39 is 0 Å². The van der Waals surface area contributed by atoms with E-state index >= 15 is 0 Å². The minimum absolute atomic E-state index is 0.00707. The van der Waals surface area contributed by atoms with Crippen LogP contribution in [0.3, 0.4) is 0 Å². The van der Waals surface area contributed by atoms with Crippen molar-refractivity contribution in [1.29, 1.82) is 0 Å². The lowest BCUT2D eigenvalue weighted by atomic mass is 9.81. The number of likely N-dealkylation sites (tertiary alicyclic amines) is 1. The Kier molecular flexibility index (Phi) is 6.61. The molecular weight excluding hydrogens is 438 g/mol. The van der Waals surface area contributed by atoms with Gasteiger partial charge in [-0.25, -0.2) is 0 Å². The maximum Gasteiger partial charge on any atom is 0.253 e. The summed E-state index contributed by atoms with van der Waals surface area (Å²) in [7, 11) is 2.16. The van der Waals surface area contributed by atoms with Gasteiger partial charge in [-0.2, -0.15) is 0 Å². The summed E-state index contributed by atoms with van der Waals surface area (Å²) in [4.78, 5) is 30.3. The van der Waals surface area contributed by atoms with Crippen molar-refractivity contribution in [2.45, 2.75) is 58.7 Å². The van der Waals surface area contributed by atoms with Crippen LogP contribution in [0, 0.1) is 5.92 Å². The molecule has 1 aromatic carbocycles. The molecular formula is C26H34ClN3O3. The number of hydrogen-bond acceptors (Lipinski definition) is 4. The number of hydrogen-bond donors (Lipinski definition) is 0. The molecule has 0 radical (unpaired) electrons. The molecule has 0 unspecified atom stereocenters. The first-order valence-corrected chi connectivity index (χ1v) is 12.2. The van der Waals surface area contributed by atoms with Gasteiger partial charge in [0.15, 0.2) is 5.78 Å². The number of halogens is 1. The standard InChI is InChI=1S/C26H34ClN3O3/c1-17(2)24(31)21-7-9-23-26(28(5)14-15-30(21)23)10-12-29(13-11-26)25(32)19-6-8-22(20(27)16-19)33-18(3)4/h6-9,16-18H,10-15H2,1-5H3. The molecule has 0 bridgehead atoms. The fourth-order valence-corrected chi connectivity index (χ4v) is 5.39. The van der Waals surface area contributed by atoms with Crippen molar-refractivity contribution in [2.24, 2.45) is 5.92 Å². The Balaban J connectivity index is 1.52. The maximum absolute atomic E-state index is 13.2. The van der Waals surface area contributed by atoms with Gasteiger partial charge in [-0.1, -0.05) is 25.4 Å². The second-order valence-electron chi connectivity index (χ2n) is 9.83. The molecule has 1 spiro atoms. The molecule has 0 N–H and O–H groups in total. The smallest absolute Gasteiger partial charge is 0.253 e. The fourth-order valence-electron chi connectivity index (χ4n) is 5.17. The first-order chi connectivity index (χ1) is 15.6. The van der Waals surface area contributed by atoms with Crippen LogP contribution in [-0.4, -0.2) is 58.8 Å². The zero-order chi connectivity index (χ0) is 23.9. The third-order valence-corrected chi connectivity index (χ3v) is 7.34. The van der Waals surface area contributed by atoms with Crippen molar-refractivity contribution in [3.05, 3.63) is 52.3 Å². The summed E-state index contributed by atoms with van der Waals surface area (Å²) in [5, 5.41) is 0.454. The van der Waals surface area contributed by atoms with E-state index in [1.165, 1.54) is 5.69 Å². The zero-order valence-electron chi connectivity index (χ0n) is 20.2. The van der Waals surface area contributed by atoms with Crippen molar-refractivity contribution in [1.82, 2.24) is 14.4 Å². The summed E-state index contributed by atoms with van der Waals surface area (Å²) in [6.07, 6.45) is 1.68. The van der Waals surface area contributed by atoms with E-state index in [1.54, 1.807) is 18.2 Å². The average molecular weight is 472 g/mol. The van der Waals surface area contributed by atoms with Crippen molar-refractivity contribution in [3.63, 3.8) is 0 Å². The predicted molar refractivity (Wildman–Crippen MR) is 130 cm³/mol. The highest BCUT2D eigenvalue weighted by Gasteiger charge is 2.45. The van der Waals surface area contributed by atoms with Crippen molar-refractivity contribution in [2.75, 3.05) is 26.7 Å². The number of nitrogens with zero attached hydrogens (tertiary/aromatic N) is 3. The Morgan fingerprint density at radius 3 is 2.30 bits per heavy atom. The molecule has 0 atom stereocenters. The molecule has 0 aliphatic carbocycles. The second-order valence-corrected chi connectivity index (χ2v) is 10.2. The molecule has 7 heteroatoms. The van der Waals surface area contributed by atoms with Crippen LogP contribution >= 0.6 is 11.6 Å². The molecule has 1 amide bonds. The molecule has 0 saturated carbocycles. The monoisotopic (exact) mass is 471 g/mol. The molecule has 2 aliphatic rings. The Hall–Kier alpha value is -2.31.